The fraction of sp³-hybridized carbons (Fsp3) is 0.348. The smallest absolute Gasteiger partial charge is 0.256 e. The Kier molecular flexibility index (Phi) is 6.38. The number of nitrogens with one attached hydrogen (secondary N) is 1. The molecule has 2 aromatic heterocycles. The Bertz CT molecular complexity index is 991. The van der Waals surface area contributed by atoms with Crippen molar-refractivity contribution in [1.29, 1.82) is 0 Å². The molecule has 1 aromatic carbocycles. The molecule has 7 heteroatoms. The first kappa shape index (κ1) is 20.5. The number of anilines is 2. The Balaban J connectivity index is 1.43. The molecule has 0 saturated carbocycles. The van der Waals surface area contributed by atoms with Crippen LogP contribution in [0.2, 0.25) is 0 Å². The van der Waals surface area contributed by atoms with E-state index in [2.05, 4.69) is 20.4 Å². The molecule has 0 atom stereocenters. The minimum atomic E-state index is -0.135. The highest BCUT2D eigenvalue weighted by Gasteiger charge is 2.16. The van der Waals surface area contributed by atoms with Gasteiger partial charge in [0.15, 0.2) is 0 Å². The molecule has 4 rings (SSSR count). The first-order valence-corrected chi connectivity index (χ1v) is 11.3. The molecule has 1 fully saturated rings. The Labute approximate surface area is 181 Å². The van der Waals surface area contributed by atoms with Crippen LogP contribution < -0.4 is 10.2 Å². The zero-order valence-corrected chi connectivity index (χ0v) is 18.2. The van der Waals surface area contributed by atoms with Gasteiger partial charge in [-0.05, 0) is 57.4 Å². The Morgan fingerprint density at radius 1 is 1.13 bits per heavy atom. The molecule has 1 N–H and O–H groups in total. The number of carbonyl (C=O) groups excluding carboxylic acids is 1. The molecule has 3 heterocycles. The predicted octanol–water partition coefficient (Wildman–Crippen LogP) is 5.22. The van der Waals surface area contributed by atoms with Gasteiger partial charge in [0, 0.05) is 29.3 Å². The SMILES string of the molecule is Cc1noc(C)c1CSc1ccccc1C(=O)Nc1ccc(N2CCCCC2)nc1. The van der Waals surface area contributed by atoms with Crippen LogP contribution in [0.3, 0.4) is 0 Å². The van der Waals surface area contributed by atoms with E-state index in [0.717, 1.165) is 40.8 Å². The minimum absolute atomic E-state index is 0.135. The molecular formula is C23H26N4O2S. The van der Waals surface area contributed by atoms with Gasteiger partial charge in [-0.1, -0.05) is 17.3 Å². The van der Waals surface area contributed by atoms with Gasteiger partial charge in [0.1, 0.15) is 11.6 Å². The van der Waals surface area contributed by atoms with Gasteiger partial charge >= 0.3 is 0 Å². The quantitative estimate of drug-likeness (QED) is 0.549. The number of pyridine rings is 1. The van der Waals surface area contributed by atoms with E-state index < -0.39 is 0 Å². The topological polar surface area (TPSA) is 71.3 Å². The highest BCUT2D eigenvalue weighted by molar-refractivity contribution is 7.98. The highest BCUT2D eigenvalue weighted by atomic mass is 32.2. The van der Waals surface area contributed by atoms with Gasteiger partial charge < -0.3 is 14.7 Å². The zero-order chi connectivity index (χ0) is 20.9. The van der Waals surface area contributed by atoms with E-state index in [-0.39, 0.29) is 5.91 Å². The molecule has 156 valence electrons. The number of hydrogen-bond acceptors (Lipinski definition) is 6. The van der Waals surface area contributed by atoms with Crippen molar-refractivity contribution >= 4 is 29.2 Å². The zero-order valence-electron chi connectivity index (χ0n) is 17.4. The highest BCUT2D eigenvalue weighted by Crippen LogP contribution is 2.29. The lowest BCUT2D eigenvalue weighted by Gasteiger charge is -2.27. The van der Waals surface area contributed by atoms with Gasteiger partial charge in [0.05, 0.1) is 23.1 Å². The van der Waals surface area contributed by atoms with Crippen LogP contribution in [0.4, 0.5) is 11.5 Å². The first-order valence-electron chi connectivity index (χ1n) is 10.3. The summed E-state index contributed by atoms with van der Waals surface area (Å²) < 4.78 is 5.24. The van der Waals surface area contributed by atoms with Crippen LogP contribution in [0.1, 0.15) is 46.6 Å². The standard InChI is InChI=1S/C23H26N4O2S/c1-16-20(17(2)29-26-16)15-30-21-9-5-4-8-19(21)23(28)25-18-10-11-22(24-14-18)27-12-6-3-7-13-27/h4-5,8-11,14H,3,6-7,12-13,15H2,1-2H3,(H,25,28). The molecule has 6 nitrogen and oxygen atoms in total. The maximum Gasteiger partial charge on any atom is 0.256 e. The van der Waals surface area contributed by atoms with Crippen LogP contribution in [0.5, 0.6) is 0 Å². The van der Waals surface area contributed by atoms with Crippen molar-refractivity contribution in [3.05, 3.63) is 65.2 Å². The molecule has 1 amide bonds. The van der Waals surface area contributed by atoms with E-state index >= 15 is 0 Å². The predicted molar refractivity (Wildman–Crippen MR) is 120 cm³/mol. The maximum absolute atomic E-state index is 12.9. The van der Waals surface area contributed by atoms with E-state index in [9.17, 15) is 4.79 Å². The van der Waals surface area contributed by atoms with E-state index in [1.807, 2.05) is 50.2 Å². The Hall–Kier alpha value is -2.80. The average Bonchev–Trinajstić information content (AvgIpc) is 3.11. The normalized spacial score (nSPS) is 14.0. The van der Waals surface area contributed by atoms with Gasteiger partial charge in [-0.3, -0.25) is 4.79 Å². The van der Waals surface area contributed by atoms with Crippen LogP contribution in [0, 0.1) is 13.8 Å². The van der Waals surface area contributed by atoms with E-state index in [4.69, 9.17) is 4.52 Å². The fourth-order valence-corrected chi connectivity index (χ4v) is 4.81. The van der Waals surface area contributed by atoms with Gasteiger partial charge in [-0.15, -0.1) is 11.8 Å². The number of carbonyl (C=O) groups is 1. The summed E-state index contributed by atoms with van der Waals surface area (Å²) >= 11 is 1.61. The van der Waals surface area contributed by atoms with Gasteiger partial charge in [-0.2, -0.15) is 0 Å². The van der Waals surface area contributed by atoms with Crippen molar-refractivity contribution < 1.29 is 9.32 Å². The summed E-state index contributed by atoms with van der Waals surface area (Å²) in [6.45, 7) is 5.95. The molecular weight excluding hydrogens is 396 g/mol. The molecule has 0 unspecified atom stereocenters. The van der Waals surface area contributed by atoms with Crippen molar-refractivity contribution in [2.24, 2.45) is 0 Å². The number of nitrogens with zero attached hydrogens (tertiary/aromatic N) is 3. The third kappa shape index (κ3) is 4.67. The average molecular weight is 423 g/mol. The summed E-state index contributed by atoms with van der Waals surface area (Å²) in [5.74, 6) is 2.37. The number of piperidine rings is 1. The van der Waals surface area contributed by atoms with Crippen molar-refractivity contribution in [2.75, 3.05) is 23.3 Å². The Morgan fingerprint density at radius 3 is 2.63 bits per heavy atom. The molecule has 0 radical (unpaired) electrons. The third-order valence-corrected chi connectivity index (χ3v) is 6.47. The lowest BCUT2D eigenvalue weighted by atomic mass is 10.1. The molecule has 1 saturated heterocycles. The summed E-state index contributed by atoms with van der Waals surface area (Å²) in [6.07, 6.45) is 5.45. The van der Waals surface area contributed by atoms with E-state index in [1.54, 1.807) is 18.0 Å². The number of aromatic nitrogens is 2. The molecule has 0 spiro atoms. The minimum Gasteiger partial charge on any atom is -0.361 e. The van der Waals surface area contributed by atoms with Gasteiger partial charge in [0.25, 0.3) is 5.91 Å². The number of amides is 1. The summed E-state index contributed by atoms with van der Waals surface area (Å²) in [5.41, 5.74) is 3.31. The second-order valence-electron chi connectivity index (χ2n) is 7.49. The van der Waals surface area contributed by atoms with Crippen LogP contribution in [-0.2, 0) is 5.75 Å². The largest absolute Gasteiger partial charge is 0.361 e. The van der Waals surface area contributed by atoms with E-state index in [1.165, 1.54) is 19.3 Å². The van der Waals surface area contributed by atoms with Crippen LogP contribution in [0.25, 0.3) is 0 Å². The van der Waals surface area contributed by atoms with Crippen molar-refractivity contribution in [3.8, 4) is 0 Å². The number of benzene rings is 1. The summed E-state index contributed by atoms with van der Waals surface area (Å²) in [7, 11) is 0. The number of aryl methyl sites for hydroxylation is 2. The van der Waals surface area contributed by atoms with Crippen molar-refractivity contribution in [3.63, 3.8) is 0 Å². The number of thioether (sulfide) groups is 1. The van der Waals surface area contributed by atoms with Gasteiger partial charge in [-0.25, -0.2) is 4.98 Å². The lowest BCUT2D eigenvalue weighted by molar-refractivity contribution is 0.102. The maximum atomic E-state index is 12.9. The molecule has 0 bridgehead atoms. The molecule has 3 aromatic rings. The monoisotopic (exact) mass is 422 g/mol. The number of rotatable bonds is 6. The second-order valence-corrected chi connectivity index (χ2v) is 8.51. The number of hydrogen-bond donors (Lipinski definition) is 1. The van der Waals surface area contributed by atoms with Crippen LogP contribution >= 0.6 is 11.8 Å². The van der Waals surface area contributed by atoms with Crippen LogP contribution in [0.15, 0.2) is 52.0 Å². The second kappa shape index (κ2) is 9.34. The Morgan fingerprint density at radius 2 is 1.93 bits per heavy atom. The van der Waals surface area contributed by atoms with E-state index in [0.29, 0.717) is 17.0 Å². The third-order valence-electron chi connectivity index (χ3n) is 5.37. The van der Waals surface area contributed by atoms with Crippen molar-refractivity contribution in [1.82, 2.24) is 10.1 Å². The van der Waals surface area contributed by atoms with Gasteiger partial charge in [0.2, 0.25) is 0 Å². The fourth-order valence-electron chi connectivity index (χ4n) is 3.61. The molecule has 30 heavy (non-hydrogen) atoms. The summed E-state index contributed by atoms with van der Waals surface area (Å²) in [6, 6.07) is 11.6. The molecule has 1 aliphatic rings. The van der Waals surface area contributed by atoms with Crippen LogP contribution in [-0.4, -0.2) is 29.1 Å². The summed E-state index contributed by atoms with van der Waals surface area (Å²) in [4.78, 5) is 20.7. The first-order chi connectivity index (χ1) is 14.6. The molecule has 0 aliphatic carbocycles. The molecule has 1 aliphatic heterocycles. The lowest BCUT2D eigenvalue weighted by Crippen LogP contribution is -2.30. The summed E-state index contributed by atoms with van der Waals surface area (Å²) in [5, 5.41) is 6.99. The van der Waals surface area contributed by atoms with Crippen molar-refractivity contribution in [2.45, 2.75) is 43.8 Å².